The van der Waals surface area contributed by atoms with Gasteiger partial charge in [-0.2, -0.15) is 0 Å². The molecule has 4 spiro atoms. The lowest BCUT2D eigenvalue weighted by Gasteiger charge is -2.51. The molecule has 7 bridgehead atoms. The summed E-state index contributed by atoms with van der Waals surface area (Å²) in [6.45, 7) is 16.1. The van der Waals surface area contributed by atoms with Crippen molar-refractivity contribution in [2.24, 2.45) is 40.0 Å². The minimum atomic E-state index is -1.22. The van der Waals surface area contributed by atoms with Crippen LogP contribution in [0.25, 0.3) is 0 Å². The van der Waals surface area contributed by atoms with Crippen molar-refractivity contribution < 1.29 is 48.9 Å². The molecular formula is C45H69NO10. The first-order valence-electron chi connectivity index (χ1n) is 22.1. The molecule has 0 aromatic heterocycles. The van der Waals surface area contributed by atoms with Gasteiger partial charge in [-0.25, -0.2) is 0 Å². The van der Waals surface area contributed by atoms with Gasteiger partial charge in [0, 0.05) is 62.1 Å². The Labute approximate surface area is 333 Å². The van der Waals surface area contributed by atoms with Crippen molar-refractivity contribution >= 4 is 11.7 Å². The summed E-state index contributed by atoms with van der Waals surface area (Å²) in [5, 5.41) is 44.6. The average Bonchev–Trinajstić information content (AvgIpc) is 3.57. The fourth-order valence-corrected chi connectivity index (χ4v) is 12.4. The summed E-state index contributed by atoms with van der Waals surface area (Å²) in [6.07, 6.45) is 9.69. The van der Waals surface area contributed by atoms with Crippen LogP contribution in [0.3, 0.4) is 0 Å². The Balaban J connectivity index is 1.21. The van der Waals surface area contributed by atoms with Crippen molar-refractivity contribution in [1.82, 2.24) is 0 Å². The van der Waals surface area contributed by atoms with Crippen LogP contribution in [-0.2, 0) is 28.5 Å². The Hall–Kier alpha value is -1.70. The summed E-state index contributed by atoms with van der Waals surface area (Å²) in [7, 11) is 0. The monoisotopic (exact) mass is 783 g/mol. The Bertz CT molecular complexity index is 1580. The highest BCUT2D eigenvalue weighted by Crippen LogP contribution is 2.59. The number of ether oxygens (including phenoxy) is 5. The number of aliphatic hydroxyl groups is 3. The number of hydrogen-bond donors (Lipinski definition) is 4. The molecule has 314 valence electrons. The van der Waals surface area contributed by atoms with Gasteiger partial charge in [0.05, 0.1) is 36.6 Å². The number of fused-ring (bicyclic) bond motifs is 6. The normalized spacial score (nSPS) is 50.2. The number of hydrogen-bond acceptors (Lipinski definition) is 10. The first-order valence-corrected chi connectivity index (χ1v) is 22.1. The maximum atomic E-state index is 11.9. The second-order valence-electron chi connectivity index (χ2n) is 20.2. The third kappa shape index (κ3) is 7.41. The van der Waals surface area contributed by atoms with E-state index >= 15 is 0 Å². The van der Waals surface area contributed by atoms with E-state index in [0.29, 0.717) is 75.5 Å². The second kappa shape index (κ2) is 15.1. The summed E-state index contributed by atoms with van der Waals surface area (Å²) in [5.41, 5.74) is 1.71. The summed E-state index contributed by atoms with van der Waals surface area (Å²) < 4.78 is 35.3. The Morgan fingerprint density at radius 2 is 1.71 bits per heavy atom. The zero-order chi connectivity index (χ0) is 39.8. The van der Waals surface area contributed by atoms with Crippen LogP contribution in [0.4, 0.5) is 0 Å². The third-order valence-corrected chi connectivity index (χ3v) is 15.7. The van der Waals surface area contributed by atoms with E-state index in [4.69, 9.17) is 28.7 Å². The van der Waals surface area contributed by atoms with Gasteiger partial charge in [0.1, 0.15) is 5.60 Å². The van der Waals surface area contributed by atoms with E-state index in [2.05, 4.69) is 33.4 Å². The van der Waals surface area contributed by atoms with Gasteiger partial charge in [-0.3, -0.25) is 9.79 Å². The van der Waals surface area contributed by atoms with Gasteiger partial charge in [0.2, 0.25) is 5.79 Å². The van der Waals surface area contributed by atoms with Crippen LogP contribution in [0.15, 0.2) is 28.8 Å². The first-order chi connectivity index (χ1) is 26.5. The van der Waals surface area contributed by atoms with Crippen LogP contribution in [0, 0.1) is 35.0 Å². The topological polar surface area (TPSA) is 156 Å². The molecule has 0 unspecified atom stereocenters. The van der Waals surface area contributed by atoms with Gasteiger partial charge < -0.3 is 44.1 Å². The van der Waals surface area contributed by atoms with Crippen LogP contribution >= 0.6 is 0 Å². The second-order valence-corrected chi connectivity index (χ2v) is 20.2. The molecular weight excluding hydrogens is 714 g/mol. The maximum Gasteiger partial charge on any atom is 0.303 e. The summed E-state index contributed by atoms with van der Waals surface area (Å²) in [5.74, 6) is -3.32. The number of carboxylic acid groups (broad SMARTS) is 1. The molecule has 0 radical (unpaired) electrons. The maximum absolute atomic E-state index is 11.9. The number of aliphatic hydroxyl groups excluding tert-OH is 2. The summed E-state index contributed by atoms with van der Waals surface area (Å²) in [4.78, 5) is 17.0. The Morgan fingerprint density at radius 3 is 2.50 bits per heavy atom. The van der Waals surface area contributed by atoms with E-state index in [1.165, 1.54) is 5.71 Å². The third-order valence-electron chi connectivity index (χ3n) is 15.7. The fourth-order valence-electron chi connectivity index (χ4n) is 12.4. The molecule has 6 saturated heterocycles. The van der Waals surface area contributed by atoms with Crippen molar-refractivity contribution in [3.8, 4) is 0 Å². The van der Waals surface area contributed by atoms with E-state index in [1.807, 2.05) is 13.8 Å². The highest BCUT2D eigenvalue weighted by Gasteiger charge is 2.66. The van der Waals surface area contributed by atoms with Crippen LogP contribution in [0.5, 0.6) is 0 Å². The number of rotatable bonds is 4. The molecule has 0 aromatic carbocycles. The van der Waals surface area contributed by atoms with E-state index in [9.17, 15) is 25.2 Å². The van der Waals surface area contributed by atoms with Crippen molar-refractivity contribution in [3.05, 3.63) is 23.8 Å². The van der Waals surface area contributed by atoms with Gasteiger partial charge in [-0.15, -0.1) is 0 Å². The standard InChI is InChI=1S/C45H69NO10/c1-26-8-7-9-37-42(22-28(3)30(5)25-46-37)15-12-31(34(47)10-11-38(48)49)20-33(42)40-35-19-27(2)21-44(53-35,55-40)24-36-39(50)29(4)23-43(54-36)16-17-45(56-43)41(6,51)14-13-32(18-26)52-45/h20,27-30,32-36,39-40,47,50-51H,1,7-19,21-25H2,2-6H3,(H,48,49)/t27-,28-,29-,30-,32-,33+,34-,35+,36-,39-,40-,41+,42+,43-,44-,45+/m0/s1. The predicted octanol–water partition coefficient (Wildman–Crippen LogP) is 7.00. The molecule has 16 atom stereocenters. The highest BCUT2D eigenvalue weighted by molar-refractivity contribution is 5.91. The van der Waals surface area contributed by atoms with Gasteiger partial charge in [-0.05, 0) is 107 Å². The molecule has 8 rings (SSSR count). The molecule has 7 aliphatic heterocycles. The van der Waals surface area contributed by atoms with Gasteiger partial charge in [-0.1, -0.05) is 45.9 Å². The minimum absolute atomic E-state index is 0.0936. The van der Waals surface area contributed by atoms with E-state index in [-0.39, 0.29) is 48.4 Å². The van der Waals surface area contributed by atoms with Crippen molar-refractivity contribution in [1.29, 1.82) is 0 Å². The SMILES string of the molecule is C=C1CCCC2=NC[C@H](C)[C@@H](C)C[C@@]23CCC([C@@H](O)CCC(=O)O)=C[C@@H]3[C@@H]2O[C@@]3(C[C@@H](C)C[C@H]2O3)C[C@@H]2O[C@]3(CC[C@@]4(O[C@@H](CC[C@@]4(C)O)C1)O3)C[C@H](C)[C@@H]2O. The Kier molecular flexibility index (Phi) is 11.1. The molecule has 11 nitrogen and oxygen atoms in total. The fraction of sp³-hybridized carbons (Fsp3) is 0.867. The lowest BCUT2D eigenvalue weighted by Crippen LogP contribution is -2.62. The number of aliphatic imine (C=N–C) groups is 1. The van der Waals surface area contributed by atoms with Gasteiger partial charge >= 0.3 is 5.97 Å². The molecule has 7 heterocycles. The van der Waals surface area contributed by atoms with E-state index in [1.54, 1.807) is 0 Å². The summed E-state index contributed by atoms with van der Waals surface area (Å²) >= 11 is 0. The quantitative estimate of drug-likeness (QED) is 0.219. The lowest BCUT2D eigenvalue weighted by atomic mass is 9.57. The Morgan fingerprint density at radius 1 is 0.929 bits per heavy atom. The molecule has 6 fully saturated rings. The molecule has 56 heavy (non-hydrogen) atoms. The molecule has 11 heteroatoms. The molecule has 8 aliphatic rings. The smallest absolute Gasteiger partial charge is 0.303 e. The zero-order valence-electron chi connectivity index (χ0n) is 34.5. The van der Waals surface area contributed by atoms with Gasteiger partial charge in [0.25, 0.3) is 0 Å². The summed E-state index contributed by atoms with van der Waals surface area (Å²) in [6, 6.07) is 0. The zero-order valence-corrected chi connectivity index (χ0v) is 34.5. The predicted molar refractivity (Wildman–Crippen MR) is 210 cm³/mol. The number of nitrogens with zero attached hydrogens (tertiary/aromatic N) is 1. The minimum Gasteiger partial charge on any atom is -0.481 e. The number of carbonyl (C=O) groups is 1. The number of carboxylic acids is 1. The van der Waals surface area contributed by atoms with E-state index in [0.717, 1.165) is 56.2 Å². The van der Waals surface area contributed by atoms with Crippen molar-refractivity contribution in [3.63, 3.8) is 0 Å². The molecule has 0 aromatic rings. The molecule has 0 amide bonds. The van der Waals surface area contributed by atoms with E-state index < -0.39 is 47.2 Å². The van der Waals surface area contributed by atoms with Gasteiger partial charge in [0.15, 0.2) is 11.6 Å². The molecule has 0 saturated carbocycles. The number of aliphatic carboxylic acids is 1. The van der Waals surface area contributed by atoms with Crippen molar-refractivity contribution in [2.75, 3.05) is 6.54 Å². The largest absolute Gasteiger partial charge is 0.481 e. The van der Waals surface area contributed by atoms with Crippen LogP contribution in [0.2, 0.25) is 0 Å². The average molecular weight is 784 g/mol. The highest BCUT2D eigenvalue weighted by atomic mass is 16.8. The molecule has 4 N–H and O–H groups in total. The van der Waals surface area contributed by atoms with Crippen molar-refractivity contribution in [2.45, 2.75) is 203 Å². The van der Waals surface area contributed by atoms with Crippen LogP contribution in [0.1, 0.15) is 144 Å². The van der Waals surface area contributed by atoms with Crippen LogP contribution < -0.4 is 0 Å². The first kappa shape index (κ1) is 41.1. The molecule has 1 aliphatic carbocycles. The lowest BCUT2D eigenvalue weighted by molar-refractivity contribution is -0.411. The van der Waals surface area contributed by atoms with Crippen LogP contribution in [-0.4, -0.2) is 98.2 Å².